The quantitative estimate of drug-likeness (QED) is 0.680. The first-order chi connectivity index (χ1) is 12.3. The Balaban J connectivity index is 1.61. The number of nitrogens with zero attached hydrogens (tertiary/aromatic N) is 5. The largest absolute Gasteiger partial charge is 0.573 e. The van der Waals surface area contributed by atoms with Crippen LogP contribution in [0.2, 0.25) is 0 Å². The van der Waals surface area contributed by atoms with Crippen LogP contribution in [0.4, 0.5) is 13.2 Å². The topological polar surface area (TPSA) is 73.1 Å². The number of hydrogen-bond donors (Lipinski definition) is 0. The summed E-state index contributed by atoms with van der Waals surface area (Å²) in [4.78, 5) is 13.8. The second kappa shape index (κ2) is 7.52. The molecular formula is C15H16F3N5O2S. The van der Waals surface area contributed by atoms with Crippen molar-refractivity contribution >= 4 is 17.7 Å². The maximum absolute atomic E-state index is 12.2. The van der Waals surface area contributed by atoms with Gasteiger partial charge in [-0.15, -0.1) is 18.3 Å². The Morgan fingerprint density at radius 1 is 1.35 bits per heavy atom. The van der Waals surface area contributed by atoms with Crippen LogP contribution in [0.5, 0.6) is 5.75 Å². The van der Waals surface area contributed by atoms with Crippen LogP contribution in [0, 0.1) is 5.92 Å². The maximum atomic E-state index is 12.2. The van der Waals surface area contributed by atoms with Gasteiger partial charge >= 0.3 is 6.36 Å². The molecule has 1 amide bonds. The van der Waals surface area contributed by atoms with Gasteiger partial charge in [0.15, 0.2) is 0 Å². The summed E-state index contributed by atoms with van der Waals surface area (Å²) in [5, 5.41) is 11.6. The second-order valence-electron chi connectivity index (χ2n) is 5.92. The number of carbonyl (C=O) groups excluding carboxylic acids is 1. The highest BCUT2D eigenvalue weighted by molar-refractivity contribution is 7.99. The van der Waals surface area contributed by atoms with Gasteiger partial charge in [0, 0.05) is 13.6 Å². The van der Waals surface area contributed by atoms with Crippen LogP contribution in [-0.4, -0.2) is 56.7 Å². The Kier molecular flexibility index (Phi) is 5.35. The lowest BCUT2D eigenvalue weighted by molar-refractivity contribution is -0.274. The van der Waals surface area contributed by atoms with E-state index in [1.54, 1.807) is 11.9 Å². The van der Waals surface area contributed by atoms with Crippen LogP contribution < -0.4 is 4.74 Å². The van der Waals surface area contributed by atoms with Crippen molar-refractivity contribution in [2.24, 2.45) is 5.92 Å². The summed E-state index contributed by atoms with van der Waals surface area (Å²) in [5.41, 5.74) is 0.464. The first-order valence-corrected chi connectivity index (χ1v) is 8.82. The summed E-state index contributed by atoms with van der Waals surface area (Å²) < 4.78 is 41.8. The van der Waals surface area contributed by atoms with Crippen LogP contribution in [-0.2, 0) is 4.79 Å². The van der Waals surface area contributed by atoms with E-state index in [0.29, 0.717) is 16.8 Å². The number of halogens is 3. The summed E-state index contributed by atoms with van der Waals surface area (Å²) in [6, 6.07) is 5.16. The van der Waals surface area contributed by atoms with Crippen molar-refractivity contribution in [3.05, 3.63) is 24.3 Å². The molecular weight excluding hydrogens is 371 g/mol. The minimum absolute atomic E-state index is 0.0228. The van der Waals surface area contributed by atoms with Crippen molar-refractivity contribution in [1.29, 1.82) is 0 Å². The molecule has 1 aromatic carbocycles. The van der Waals surface area contributed by atoms with E-state index in [4.69, 9.17) is 0 Å². The third-order valence-electron chi connectivity index (χ3n) is 3.74. The number of aromatic nitrogens is 4. The molecule has 1 aliphatic carbocycles. The van der Waals surface area contributed by atoms with Gasteiger partial charge < -0.3 is 9.64 Å². The molecule has 11 heteroatoms. The molecule has 1 aromatic heterocycles. The fourth-order valence-corrected chi connectivity index (χ4v) is 3.08. The minimum Gasteiger partial charge on any atom is -0.406 e. The van der Waals surface area contributed by atoms with Gasteiger partial charge in [-0.3, -0.25) is 4.79 Å². The summed E-state index contributed by atoms with van der Waals surface area (Å²) in [5.74, 6) is 0.432. The molecule has 3 rings (SSSR count). The number of benzene rings is 1. The lowest BCUT2D eigenvalue weighted by atomic mass is 10.3. The second-order valence-corrected chi connectivity index (χ2v) is 6.86. The normalized spacial score (nSPS) is 14.3. The number of thioether (sulfide) groups is 1. The van der Waals surface area contributed by atoms with Gasteiger partial charge in [-0.05, 0) is 53.5 Å². The molecule has 0 radical (unpaired) electrons. The monoisotopic (exact) mass is 387 g/mol. The fourth-order valence-electron chi connectivity index (χ4n) is 2.25. The van der Waals surface area contributed by atoms with Crippen LogP contribution in [0.1, 0.15) is 12.8 Å². The minimum atomic E-state index is -4.75. The Morgan fingerprint density at radius 2 is 2.04 bits per heavy atom. The van der Waals surface area contributed by atoms with Crippen LogP contribution in [0.25, 0.3) is 5.69 Å². The molecule has 0 saturated heterocycles. The Hall–Kier alpha value is -2.30. The van der Waals surface area contributed by atoms with Crippen LogP contribution in [0.3, 0.4) is 0 Å². The Labute approximate surface area is 151 Å². The first-order valence-electron chi connectivity index (χ1n) is 7.83. The van der Waals surface area contributed by atoms with E-state index in [9.17, 15) is 18.0 Å². The number of ether oxygens (including phenoxy) is 1. The van der Waals surface area contributed by atoms with Crippen molar-refractivity contribution in [2.45, 2.75) is 24.4 Å². The van der Waals surface area contributed by atoms with Crippen molar-refractivity contribution in [2.75, 3.05) is 19.3 Å². The van der Waals surface area contributed by atoms with Crippen LogP contribution in [0.15, 0.2) is 29.4 Å². The van der Waals surface area contributed by atoms with E-state index in [1.807, 2.05) is 0 Å². The van der Waals surface area contributed by atoms with Crippen molar-refractivity contribution in [3.8, 4) is 11.4 Å². The predicted molar refractivity (Wildman–Crippen MR) is 86.9 cm³/mol. The van der Waals surface area contributed by atoms with Gasteiger partial charge in [0.05, 0.1) is 11.4 Å². The number of tetrazole rings is 1. The highest BCUT2D eigenvalue weighted by atomic mass is 32.2. The predicted octanol–water partition coefficient (Wildman–Crippen LogP) is 2.52. The summed E-state index contributed by atoms with van der Waals surface area (Å²) >= 11 is 1.17. The molecule has 26 heavy (non-hydrogen) atoms. The molecule has 0 unspecified atom stereocenters. The average Bonchev–Trinajstić information content (AvgIpc) is 3.26. The Bertz CT molecular complexity index is 761. The zero-order valence-corrected chi connectivity index (χ0v) is 14.6. The number of hydrogen-bond acceptors (Lipinski definition) is 6. The van der Waals surface area contributed by atoms with Gasteiger partial charge in [0.25, 0.3) is 0 Å². The van der Waals surface area contributed by atoms with Crippen molar-refractivity contribution in [1.82, 2.24) is 25.1 Å². The van der Waals surface area contributed by atoms with E-state index in [1.165, 1.54) is 40.7 Å². The lowest BCUT2D eigenvalue weighted by Crippen LogP contribution is -2.30. The SMILES string of the molecule is CN(CC1CC1)C(=O)CSc1nnnn1-c1ccc(OC(F)(F)F)cc1. The van der Waals surface area contributed by atoms with Crippen LogP contribution >= 0.6 is 11.8 Å². The number of amides is 1. The summed E-state index contributed by atoms with van der Waals surface area (Å²) in [6.07, 6.45) is -2.42. The summed E-state index contributed by atoms with van der Waals surface area (Å²) in [7, 11) is 1.77. The molecule has 0 spiro atoms. The van der Waals surface area contributed by atoms with Gasteiger partial charge in [0.2, 0.25) is 11.1 Å². The number of rotatable bonds is 7. The van der Waals surface area contributed by atoms with Gasteiger partial charge in [-0.25, -0.2) is 0 Å². The Morgan fingerprint density at radius 3 is 2.65 bits per heavy atom. The fraction of sp³-hybridized carbons (Fsp3) is 0.467. The lowest BCUT2D eigenvalue weighted by Gasteiger charge is -2.16. The molecule has 0 bridgehead atoms. The van der Waals surface area contributed by atoms with Gasteiger partial charge in [-0.1, -0.05) is 11.8 Å². The third kappa shape index (κ3) is 5.10. The number of carbonyl (C=O) groups is 1. The van der Waals surface area contributed by atoms with Crippen molar-refractivity contribution < 1.29 is 22.7 Å². The van der Waals surface area contributed by atoms with E-state index in [-0.39, 0.29) is 17.4 Å². The van der Waals surface area contributed by atoms with Gasteiger partial charge in [0.1, 0.15) is 5.75 Å². The molecule has 0 atom stereocenters. The maximum Gasteiger partial charge on any atom is 0.573 e. The zero-order valence-electron chi connectivity index (χ0n) is 13.8. The molecule has 1 fully saturated rings. The average molecular weight is 387 g/mol. The standard InChI is InChI=1S/C15H16F3N5O2S/c1-22(8-10-2-3-10)13(24)9-26-14-19-20-21-23(14)11-4-6-12(7-5-11)25-15(16,17)18/h4-7,10H,2-3,8-9H2,1H3. The first kappa shape index (κ1) is 18.5. The molecule has 2 aromatic rings. The van der Waals surface area contributed by atoms with E-state index in [2.05, 4.69) is 20.3 Å². The van der Waals surface area contributed by atoms with E-state index < -0.39 is 6.36 Å². The summed E-state index contributed by atoms with van der Waals surface area (Å²) in [6.45, 7) is 0.755. The molecule has 0 N–H and O–H groups in total. The third-order valence-corrected chi connectivity index (χ3v) is 4.64. The molecule has 0 aliphatic heterocycles. The molecule has 1 heterocycles. The number of alkyl halides is 3. The van der Waals surface area contributed by atoms with Gasteiger partial charge in [-0.2, -0.15) is 4.68 Å². The van der Waals surface area contributed by atoms with E-state index >= 15 is 0 Å². The van der Waals surface area contributed by atoms with E-state index in [0.717, 1.165) is 19.4 Å². The molecule has 140 valence electrons. The smallest absolute Gasteiger partial charge is 0.406 e. The molecule has 7 nitrogen and oxygen atoms in total. The van der Waals surface area contributed by atoms with Crippen molar-refractivity contribution in [3.63, 3.8) is 0 Å². The highest BCUT2D eigenvalue weighted by Gasteiger charge is 2.31. The molecule has 1 saturated carbocycles. The zero-order chi connectivity index (χ0) is 18.7. The highest BCUT2D eigenvalue weighted by Crippen LogP contribution is 2.29. The molecule has 1 aliphatic rings.